The Labute approximate surface area is 177 Å². The van der Waals surface area contributed by atoms with Crippen molar-refractivity contribution >= 4 is 17.3 Å². The Kier molecular flexibility index (Phi) is 5.91. The van der Waals surface area contributed by atoms with Crippen molar-refractivity contribution in [3.63, 3.8) is 0 Å². The van der Waals surface area contributed by atoms with Crippen LogP contribution in [-0.4, -0.2) is 15.5 Å². The summed E-state index contributed by atoms with van der Waals surface area (Å²) in [5, 5.41) is 2.77. The van der Waals surface area contributed by atoms with E-state index in [1.54, 1.807) is 67.1 Å². The van der Waals surface area contributed by atoms with Crippen LogP contribution in [-0.2, 0) is 18.0 Å². The molecule has 0 spiro atoms. The molecule has 0 atom stereocenters. The van der Waals surface area contributed by atoms with Crippen molar-refractivity contribution in [2.24, 2.45) is 0 Å². The van der Waals surface area contributed by atoms with Gasteiger partial charge in [-0.05, 0) is 48.0 Å². The zero-order valence-electron chi connectivity index (χ0n) is 16.5. The van der Waals surface area contributed by atoms with Crippen LogP contribution in [0.25, 0.3) is 5.69 Å². The van der Waals surface area contributed by atoms with Gasteiger partial charge < -0.3 is 20.2 Å². The Morgan fingerprint density at radius 1 is 1.06 bits per heavy atom. The highest BCUT2D eigenvalue weighted by atomic mass is 16.5. The fraction of sp³-hybridized carbons (Fsp3) is 0.0870. The number of hydrogen-bond donors (Lipinski definition) is 2. The van der Waals surface area contributed by atoms with Crippen LogP contribution in [0.15, 0.2) is 88.5 Å². The highest BCUT2D eigenvalue weighted by Gasteiger charge is 2.11. The smallest absolute Gasteiger partial charge is 0.410 e. The minimum Gasteiger partial charge on any atom is -0.410 e. The first kappa shape index (κ1) is 20.1. The number of nitrogens with one attached hydrogen (secondary N) is 1. The van der Waals surface area contributed by atoms with Gasteiger partial charge in [-0.15, -0.1) is 0 Å². The Hall–Kier alpha value is -4.17. The number of ether oxygens (including phenoxy) is 1. The molecule has 8 nitrogen and oxygen atoms in total. The third-order valence-electron chi connectivity index (χ3n) is 4.54. The molecule has 2 heterocycles. The Morgan fingerprint density at radius 2 is 1.87 bits per heavy atom. The number of para-hydroxylation sites is 2. The Bertz CT molecular complexity index is 1230. The van der Waals surface area contributed by atoms with Gasteiger partial charge in [0.05, 0.1) is 29.9 Å². The summed E-state index contributed by atoms with van der Waals surface area (Å²) in [5.41, 5.74) is 8.81. The number of nitrogens with zero attached hydrogens (tertiary/aromatic N) is 2. The van der Waals surface area contributed by atoms with Crippen LogP contribution in [0.3, 0.4) is 0 Å². The van der Waals surface area contributed by atoms with Gasteiger partial charge >= 0.3 is 5.76 Å². The highest BCUT2D eigenvalue weighted by Crippen LogP contribution is 2.18. The van der Waals surface area contributed by atoms with Gasteiger partial charge in [0.2, 0.25) is 0 Å². The molecule has 8 heteroatoms. The number of nitrogen functional groups attached to an aromatic ring is 1. The molecule has 31 heavy (non-hydrogen) atoms. The minimum atomic E-state index is -0.533. The predicted octanol–water partition coefficient (Wildman–Crippen LogP) is 3.38. The van der Waals surface area contributed by atoms with Gasteiger partial charge in [-0.2, -0.15) is 0 Å². The van der Waals surface area contributed by atoms with Crippen LogP contribution in [0.4, 0.5) is 11.4 Å². The number of nitrogens with two attached hydrogens (primary N) is 1. The van der Waals surface area contributed by atoms with E-state index in [1.807, 2.05) is 12.1 Å². The van der Waals surface area contributed by atoms with E-state index in [2.05, 4.69) is 10.3 Å². The number of pyridine rings is 1. The largest absolute Gasteiger partial charge is 0.423 e. The number of oxazole rings is 1. The van der Waals surface area contributed by atoms with Crippen LogP contribution < -0.4 is 16.8 Å². The maximum Gasteiger partial charge on any atom is 0.423 e. The molecule has 2 aromatic carbocycles. The summed E-state index contributed by atoms with van der Waals surface area (Å²) in [5.74, 6) is -0.432. The van der Waals surface area contributed by atoms with Crippen molar-refractivity contribution in [1.82, 2.24) is 9.55 Å². The Balaban J connectivity index is 1.41. The summed E-state index contributed by atoms with van der Waals surface area (Å²) in [4.78, 5) is 28.7. The molecular weight excluding hydrogens is 396 g/mol. The fourth-order valence-corrected chi connectivity index (χ4v) is 2.96. The van der Waals surface area contributed by atoms with Gasteiger partial charge in [0.15, 0.2) is 5.76 Å². The molecule has 4 rings (SSSR count). The third-order valence-corrected chi connectivity index (χ3v) is 4.54. The molecule has 3 N–H and O–H groups in total. The van der Waals surface area contributed by atoms with Crippen LogP contribution in [0.2, 0.25) is 0 Å². The Morgan fingerprint density at radius 3 is 2.61 bits per heavy atom. The summed E-state index contributed by atoms with van der Waals surface area (Å²) < 4.78 is 12.2. The third kappa shape index (κ3) is 4.88. The second-order valence-electron chi connectivity index (χ2n) is 6.78. The SMILES string of the molecule is Nc1ccccc1NC(=O)c1ccc(-n2cc(COCc3cccnc3)oc2=O)cc1. The number of amides is 1. The quantitative estimate of drug-likeness (QED) is 0.447. The van der Waals surface area contributed by atoms with Crippen LogP contribution in [0.1, 0.15) is 21.7 Å². The van der Waals surface area contributed by atoms with Crippen LogP contribution >= 0.6 is 0 Å². The molecule has 1 amide bonds. The summed E-state index contributed by atoms with van der Waals surface area (Å²) in [7, 11) is 0. The number of rotatable bonds is 7. The monoisotopic (exact) mass is 416 g/mol. The van der Waals surface area contributed by atoms with E-state index in [4.69, 9.17) is 14.9 Å². The van der Waals surface area contributed by atoms with Crippen molar-refractivity contribution in [2.75, 3.05) is 11.1 Å². The molecule has 0 saturated carbocycles. The number of benzene rings is 2. The van der Waals surface area contributed by atoms with Crippen molar-refractivity contribution in [1.29, 1.82) is 0 Å². The normalized spacial score (nSPS) is 10.7. The molecule has 0 saturated heterocycles. The predicted molar refractivity (Wildman–Crippen MR) is 116 cm³/mol. The van der Waals surface area contributed by atoms with E-state index >= 15 is 0 Å². The van der Waals surface area contributed by atoms with E-state index in [0.717, 1.165) is 5.56 Å². The molecule has 0 bridgehead atoms. The van der Waals surface area contributed by atoms with Crippen molar-refractivity contribution in [2.45, 2.75) is 13.2 Å². The molecule has 0 unspecified atom stereocenters. The summed E-state index contributed by atoms with van der Waals surface area (Å²) in [6, 6.07) is 17.3. The molecule has 0 aliphatic carbocycles. The zero-order valence-corrected chi connectivity index (χ0v) is 16.5. The maximum atomic E-state index is 12.4. The molecule has 2 aromatic heterocycles. The molecule has 0 radical (unpaired) electrons. The van der Waals surface area contributed by atoms with Gasteiger partial charge in [0.1, 0.15) is 6.61 Å². The van der Waals surface area contributed by atoms with Gasteiger partial charge in [-0.1, -0.05) is 18.2 Å². The summed E-state index contributed by atoms with van der Waals surface area (Å²) in [6.45, 7) is 0.509. The lowest BCUT2D eigenvalue weighted by Crippen LogP contribution is -2.14. The molecule has 0 aliphatic heterocycles. The van der Waals surface area contributed by atoms with Gasteiger partial charge in [-0.25, -0.2) is 9.36 Å². The van der Waals surface area contributed by atoms with Crippen molar-refractivity contribution in [3.05, 3.63) is 107 Å². The number of carbonyl (C=O) groups is 1. The van der Waals surface area contributed by atoms with Crippen molar-refractivity contribution < 1.29 is 13.9 Å². The lowest BCUT2D eigenvalue weighted by molar-refractivity contribution is 0.0918. The van der Waals surface area contributed by atoms with Crippen molar-refractivity contribution in [3.8, 4) is 5.69 Å². The lowest BCUT2D eigenvalue weighted by Gasteiger charge is -2.08. The fourth-order valence-electron chi connectivity index (χ4n) is 2.96. The minimum absolute atomic E-state index is 0.149. The van der Waals surface area contributed by atoms with E-state index in [-0.39, 0.29) is 12.5 Å². The first-order chi connectivity index (χ1) is 15.1. The second-order valence-corrected chi connectivity index (χ2v) is 6.78. The highest BCUT2D eigenvalue weighted by molar-refractivity contribution is 6.05. The van der Waals surface area contributed by atoms with E-state index in [9.17, 15) is 9.59 Å². The molecule has 156 valence electrons. The first-order valence-electron chi connectivity index (χ1n) is 9.54. The van der Waals surface area contributed by atoms with E-state index in [1.165, 1.54) is 4.57 Å². The first-order valence-corrected chi connectivity index (χ1v) is 9.54. The number of anilines is 2. The second kappa shape index (κ2) is 9.10. The van der Waals surface area contributed by atoms with E-state index in [0.29, 0.717) is 35.0 Å². The maximum absolute atomic E-state index is 12.4. The summed E-state index contributed by atoms with van der Waals surface area (Å²) >= 11 is 0. The van der Waals surface area contributed by atoms with Crippen LogP contribution in [0, 0.1) is 0 Å². The number of aromatic nitrogens is 2. The number of carbonyl (C=O) groups excluding carboxylic acids is 1. The number of hydrogen-bond acceptors (Lipinski definition) is 6. The lowest BCUT2D eigenvalue weighted by atomic mass is 10.2. The van der Waals surface area contributed by atoms with E-state index < -0.39 is 5.76 Å². The standard InChI is InChI=1S/C23H20N4O4/c24-20-5-1-2-6-21(20)26-22(28)17-7-9-18(10-8-17)27-13-19(31-23(27)29)15-30-14-16-4-3-11-25-12-16/h1-13H,14-15,24H2,(H,26,28). The average molecular weight is 416 g/mol. The molecular formula is C23H20N4O4. The van der Waals surface area contributed by atoms with Gasteiger partial charge in [-0.3, -0.25) is 9.78 Å². The van der Waals surface area contributed by atoms with Gasteiger partial charge in [0, 0.05) is 18.0 Å². The zero-order chi connectivity index (χ0) is 21.6. The molecule has 0 aliphatic rings. The summed E-state index contributed by atoms with van der Waals surface area (Å²) in [6.07, 6.45) is 4.98. The topological polar surface area (TPSA) is 112 Å². The van der Waals surface area contributed by atoms with Gasteiger partial charge in [0.25, 0.3) is 5.91 Å². The van der Waals surface area contributed by atoms with Crippen LogP contribution in [0.5, 0.6) is 0 Å². The molecule has 4 aromatic rings. The molecule has 0 fully saturated rings. The average Bonchev–Trinajstić information content (AvgIpc) is 3.16.